The van der Waals surface area contributed by atoms with Crippen LogP contribution in [0.5, 0.6) is 0 Å². The van der Waals surface area contributed by atoms with Crippen molar-refractivity contribution in [3.8, 4) is 0 Å². The third kappa shape index (κ3) is 2.78. The largest absolute Gasteiger partial charge is 0.392 e. The maximum absolute atomic E-state index is 12.2. The molecule has 1 aromatic rings. The molecule has 0 radical (unpaired) electrons. The molecule has 1 saturated carbocycles. The number of hydrogen-bond acceptors (Lipinski definition) is 2. The third-order valence-corrected chi connectivity index (χ3v) is 4.44. The average Bonchev–Trinajstić information content (AvgIpc) is 2.35. The second-order valence-corrected chi connectivity index (χ2v) is 5.76. The Bertz CT molecular complexity index is 468. The highest BCUT2D eigenvalue weighted by Crippen LogP contribution is 2.41. The van der Waals surface area contributed by atoms with Gasteiger partial charge >= 0.3 is 0 Å². The summed E-state index contributed by atoms with van der Waals surface area (Å²) in [6, 6.07) is 10.2. The summed E-state index contributed by atoms with van der Waals surface area (Å²) in [5, 5.41) is 3.00. The number of carbonyl (C=O) groups is 1. The smallest absolute Gasteiger partial charge is 0.233 e. The molecule has 4 heteroatoms. The topological polar surface area (TPSA) is 55.1 Å². The summed E-state index contributed by atoms with van der Waals surface area (Å²) in [4.78, 5) is 12.6. The lowest BCUT2D eigenvalue weighted by molar-refractivity contribution is -0.130. The quantitative estimate of drug-likeness (QED) is 0.812. The molecule has 0 spiro atoms. The minimum atomic E-state index is -0.578. The molecule has 19 heavy (non-hydrogen) atoms. The Kier molecular flexibility index (Phi) is 4.20. The lowest BCUT2D eigenvalue weighted by atomic mass is 9.68. The monoisotopic (exact) mass is 276 g/mol. The van der Waals surface area contributed by atoms with Crippen molar-refractivity contribution >= 4 is 23.1 Å². The first-order valence-electron chi connectivity index (χ1n) is 6.69. The SMILES string of the molecule is CC(CNC(=O)C1(C(N)=S)CCC1)c1ccccc1. The molecule has 1 fully saturated rings. The normalized spacial score (nSPS) is 18.2. The Hall–Kier alpha value is -1.42. The van der Waals surface area contributed by atoms with E-state index in [0.29, 0.717) is 11.5 Å². The summed E-state index contributed by atoms with van der Waals surface area (Å²) in [6.07, 6.45) is 2.60. The fraction of sp³-hybridized carbons (Fsp3) is 0.467. The van der Waals surface area contributed by atoms with Crippen molar-refractivity contribution in [3.05, 3.63) is 35.9 Å². The van der Waals surface area contributed by atoms with Crippen LogP contribution < -0.4 is 11.1 Å². The van der Waals surface area contributed by atoms with Gasteiger partial charge in [-0.25, -0.2) is 0 Å². The van der Waals surface area contributed by atoms with E-state index in [4.69, 9.17) is 18.0 Å². The van der Waals surface area contributed by atoms with Gasteiger partial charge in [-0.05, 0) is 24.3 Å². The van der Waals surface area contributed by atoms with Crippen molar-refractivity contribution in [3.63, 3.8) is 0 Å². The molecule has 0 aliphatic heterocycles. The van der Waals surface area contributed by atoms with Crippen LogP contribution in [0.1, 0.15) is 37.7 Å². The molecule has 1 aliphatic carbocycles. The van der Waals surface area contributed by atoms with Gasteiger partial charge in [0.25, 0.3) is 0 Å². The Morgan fingerprint density at radius 3 is 2.53 bits per heavy atom. The Morgan fingerprint density at radius 1 is 1.42 bits per heavy atom. The summed E-state index contributed by atoms with van der Waals surface area (Å²) in [5.41, 5.74) is 6.37. The van der Waals surface area contributed by atoms with Crippen LogP contribution in [0.25, 0.3) is 0 Å². The lowest BCUT2D eigenvalue weighted by Crippen LogP contribution is -2.53. The number of thiocarbonyl (C=S) groups is 1. The summed E-state index contributed by atoms with van der Waals surface area (Å²) < 4.78 is 0. The summed E-state index contributed by atoms with van der Waals surface area (Å²) in [7, 11) is 0. The molecule has 2 rings (SSSR count). The van der Waals surface area contributed by atoms with Gasteiger partial charge in [0, 0.05) is 6.54 Å². The van der Waals surface area contributed by atoms with E-state index in [2.05, 4.69) is 24.4 Å². The third-order valence-electron chi connectivity index (χ3n) is 4.05. The van der Waals surface area contributed by atoms with E-state index in [9.17, 15) is 4.79 Å². The Labute approximate surface area is 119 Å². The van der Waals surface area contributed by atoms with Crippen molar-refractivity contribution in [2.45, 2.75) is 32.1 Å². The number of rotatable bonds is 5. The van der Waals surface area contributed by atoms with E-state index in [0.717, 1.165) is 19.3 Å². The van der Waals surface area contributed by atoms with Gasteiger partial charge in [0.15, 0.2) is 0 Å². The van der Waals surface area contributed by atoms with Crippen molar-refractivity contribution in [2.75, 3.05) is 6.54 Å². The van der Waals surface area contributed by atoms with Gasteiger partial charge in [-0.15, -0.1) is 0 Å². The standard InChI is InChI=1S/C15H20N2OS/c1-11(12-6-3-2-4-7-12)10-17-14(18)15(13(16)19)8-5-9-15/h2-4,6-7,11H,5,8-10H2,1H3,(H2,16,19)(H,17,18). The highest BCUT2D eigenvalue weighted by Gasteiger charge is 2.46. The van der Waals surface area contributed by atoms with Gasteiger partial charge in [0.05, 0.1) is 10.4 Å². The van der Waals surface area contributed by atoms with Crippen LogP contribution in [0.4, 0.5) is 0 Å². The predicted octanol–water partition coefficient (Wildman–Crippen LogP) is 2.36. The zero-order valence-corrected chi connectivity index (χ0v) is 12.0. The zero-order valence-electron chi connectivity index (χ0n) is 11.2. The maximum Gasteiger partial charge on any atom is 0.233 e. The molecule has 1 atom stereocenters. The molecule has 0 bridgehead atoms. The molecule has 102 valence electrons. The van der Waals surface area contributed by atoms with E-state index in [1.807, 2.05) is 18.2 Å². The number of nitrogens with two attached hydrogens (primary N) is 1. The van der Waals surface area contributed by atoms with E-state index >= 15 is 0 Å². The fourth-order valence-electron chi connectivity index (χ4n) is 2.43. The van der Waals surface area contributed by atoms with E-state index in [1.165, 1.54) is 5.56 Å². The molecule has 1 aliphatic rings. The maximum atomic E-state index is 12.2. The van der Waals surface area contributed by atoms with Crippen LogP contribution in [-0.2, 0) is 4.79 Å². The summed E-state index contributed by atoms with van der Waals surface area (Å²) >= 11 is 5.05. The number of amides is 1. The van der Waals surface area contributed by atoms with Crippen LogP contribution in [0.2, 0.25) is 0 Å². The molecule has 1 unspecified atom stereocenters. The van der Waals surface area contributed by atoms with Crippen molar-refractivity contribution in [2.24, 2.45) is 11.1 Å². The number of benzene rings is 1. The molecular formula is C15H20N2OS. The van der Waals surface area contributed by atoms with E-state index in [1.54, 1.807) is 0 Å². The number of nitrogens with one attached hydrogen (secondary N) is 1. The molecule has 1 aromatic carbocycles. The molecule has 0 saturated heterocycles. The Morgan fingerprint density at radius 2 is 2.05 bits per heavy atom. The molecular weight excluding hydrogens is 256 g/mol. The molecule has 1 amide bonds. The second kappa shape index (κ2) is 5.70. The Balaban J connectivity index is 1.92. The highest BCUT2D eigenvalue weighted by atomic mass is 32.1. The fourth-order valence-corrected chi connectivity index (χ4v) is 2.73. The van der Waals surface area contributed by atoms with Crippen LogP contribution in [-0.4, -0.2) is 17.4 Å². The van der Waals surface area contributed by atoms with Crippen molar-refractivity contribution in [1.29, 1.82) is 0 Å². The van der Waals surface area contributed by atoms with Crippen molar-refractivity contribution < 1.29 is 4.79 Å². The molecule has 3 nitrogen and oxygen atoms in total. The summed E-state index contributed by atoms with van der Waals surface area (Å²) in [6.45, 7) is 2.72. The lowest BCUT2D eigenvalue weighted by Gasteiger charge is -2.39. The first-order valence-corrected chi connectivity index (χ1v) is 7.10. The first kappa shape index (κ1) is 14.0. The average molecular weight is 276 g/mol. The first-order chi connectivity index (χ1) is 9.06. The van der Waals surface area contributed by atoms with Gasteiger partial charge in [-0.1, -0.05) is 55.9 Å². The predicted molar refractivity (Wildman–Crippen MR) is 80.9 cm³/mol. The minimum absolute atomic E-state index is 0.00553. The molecule has 3 N–H and O–H groups in total. The van der Waals surface area contributed by atoms with Gasteiger partial charge in [-0.3, -0.25) is 4.79 Å². The van der Waals surface area contributed by atoms with Crippen LogP contribution >= 0.6 is 12.2 Å². The number of hydrogen-bond donors (Lipinski definition) is 2. The zero-order chi connectivity index (χ0) is 13.9. The van der Waals surface area contributed by atoms with Crippen molar-refractivity contribution in [1.82, 2.24) is 5.32 Å². The van der Waals surface area contributed by atoms with Gasteiger partial charge in [0.1, 0.15) is 0 Å². The van der Waals surface area contributed by atoms with E-state index < -0.39 is 5.41 Å². The summed E-state index contributed by atoms with van der Waals surface area (Å²) in [5.74, 6) is 0.280. The van der Waals surface area contributed by atoms with Gasteiger partial charge in [-0.2, -0.15) is 0 Å². The molecule has 0 heterocycles. The van der Waals surface area contributed by atoms with E-state index in [-0.39, 0.29) is 11.8 Å². The van der Waals surface area contributed by atoms with Gasteiger partial charge in [0.2, 0.25) is 5.91 Å². The second-order valence-electron chi connectivity index (χ2n) is 5.32. The van der Waals surface area contributed by atoms with Crippen LogP contribution in [0.15, 0.2) is 30.3 Å². The molecule has 0 aromatic heterocycles. The van der Waals surface area contributed by atoms with Crippen LogP contribution in [0, 0.1) is 5.41 Å². The number of carbonyl (C=O) groups excluding carboxylic acids is 1. The van der Waals surface area contributed by atoms with Crippen LogP contribution in [0.3, 0.4) is 0 Å². The van der Waals surface area contributed by atoms with Gasteiger partial charge < -0.3 is 11.1 Å². The highest BCUT2D eigenvalue weighted by molar-refractivity contribution is 7.80. The minimum Gasteiger partial charge on any atom is -0.392 e.